The third-order valence-electron chi connectivity index (χ3n) is 3.18. The lowest BCUT2D eigenvalue weighted by molar-refractivity contribution is -0.127. The fourth-order valence-corrected chi connectivity index (χ4v) is 2.86. The monoisotopic (exact) mass is 290 g/mol. The third kappa shape index (κ3) is 5.28. The molecule has 0 aliphatic carbocycles. The van der Waals surface area contributed by atoms with Crippen LogP contribution in [0.25, 0.3) is 0 Å². The number of carbonyl (C=O) groups excluding carboxylic acids is 2. The van der Waals surface area contributed by atoms with Crippen LogP contribution in [-0.2, 0) is 19.6 Å². The summed E-state index contributed by atoms with van der Waals surface area (Å²) in [5.74, 6) is -0.360. The molecule has 0 spiro atoms. The molecule has 0 radical (unpaired) electrons. The Bertz CT molecular complexity index is 433. The summed E-state index contributed by atoms with van der Waals surface area (Å²) in [6, 6.07) is -0.545. The van der Waals surface area contributed by atoms with Crippen LogP contribution in [-0.4, -0.2) is 49.8 Å². The number of nitrogens with one attached hydrogen (secondary N) is 1. The number of sulfonamides is 1. The molecule has 1 N–H and O–H groups in total. The van der Waals surface area contributed by atoms with Crippen LogP contribution in [0.15, 0.2) is 0 Å². The van der Waals surface area contributed by atoms with Gasteiger partial charge in [0.15, 0.2) is 5.78 Å². The Morgan fingerprint density at radius 2 is 2.16 bits per heavy atom. The maximum atomic E-state index is 12.0. The van der Waals surface area contributed by atoms with Crippen LogP contribution in [0.5, 0.6) is 0 Å². The molecule has 0 saturated carbocycles. The first-order valence-electron chi connectivity index (χ1n) is 6.61. The minimum atomic E-state index is -3.35. The van der Waals surface area contributed by atoms with Gasteiger partial charge in [-0.2, -0.15) is 4.31 Å². The highest BCUT2D eigenvalue weighted by atomic mass is 32.2. The summed E-state index contributed by atoms with van der Waals surface area (Å²) in [5.41, 5.74) is 0. The summed E-state index contributed by atoms with van der Waals surface area (Å²) in [7, 11) is -3.35. The molecule has 6 nitrogen and oxygen atoms in total. The zero-order chi connectivity index (χ0) is 14.5. The molecule has 0 bridgehead atoms. The smallest absolute Gasteiger partial charge is 0.220 e. The van der Waals surface area contributed by atoms with Gasteiger partial charge in [-0.25, -0.2) is 8.42 Å². The fourth-order valence-electron chi connectivity index (χ4n) is 2.04. The van der Waals surface area contributed by atoms with Crippen molar-refractivity contribution in [3.63, 3.8) is 0 Å². The van der Waals surface area contributed by atoms with E-state index in [4.69, 9.17) is 0 Å². The molecule has 110 valence electrons. The number of hydrogen-bond acceptors (Lipinski definition) is 4. The zero-order valence-electron chi connectivity index (χ0n) is 11.5. The average Bonchev–Trinajstić information content (AvgIpc) is 2.49. The van der Waals surface area contributed by atoms with E-state index in [0.29, 0.717) is 25.8 Å². The number of unbranched alkanes of at least 4 members (excludes halogenated alkanes) is 1. The van der Waals surface area contributed by atoms with Crippen LogP contribution in [0, 0.1) is 0 Å². The summed E-state index contributed by atoms with van der Waals surface area (Å²) >= 11 is 0. The summed E-state index contributed by atoms with van der Waals surface area (Å²) < 4.78 is 24.1. The van der Waals surface area contributed by atoms with E-state index in [2.05, 4.69) is 5.32 Å². The predicted octanol–water partition coefficient (Wildman–Crippen LogP) is 0.286. The maximum Gasteiger partial charge on any atom is 0.220 e. The molecule has 1 rings (SSSR count). The highest BCUT2D eigenvalue weighted by Crippen LogP contribution is 2.11. The Morgan fingerprint density at radius 3 is 2.74 bits per heavy atom. The first-order chi connectivity index (χ1) is 8.84. The molecule has 1 saturated heterocycles. The van der Waals surface area contributed by atoms with Crippen LogP contribution < -0.4 is 5.32 Å². The van der Waals surface area contributed by atoms with E-state index in [1.54, 1.807) is 0 Å². The highest BCUT2D eigenvalue weighted by Gasteiger charge is 2.29. The van der Waals surface area contributed by atoms with Gasteiger partial charge in [0.2, 0.25) is 15.9 Å². The highest BCUT2D eigenvalue weighted by molar-refractivity contribution is 7.88. The lowest BCUT2D eigenvalue weighted by Gasteiger charge is -2.17. The van der Waals surface area contributed by atoms with Crippen molar-refractivity contribution < 1.29 is 18.0 Å². The summed E-state index contributed by atoms with van der Waals surface area (Å²) in [5, 5.41) is 2.71. The molecular weight excluding hydrogens is 268 g/mol. The molecule has 1 aliphatic rings. The number of carbonyl (C=O) groups is 2. The molecule has 1 atom stereocenters. The van der Waals surface area contributed by atoms with Gasteiger partial charge in [-0.15, -0.1) is 0 Å². The number of hydrogen-bond donors (Lipinski definition) is 1. The number of Topliss-reactive ketones (excluding diaryl/α,β-unsaturated/α-hetero) is 1. The second-order valence-electron chi connectivity index (χ2n) is 4.93. The molecule has 0 aromatic carbocycles. The van der Waals surface area contributed by atoms with Crippen LogP contribution in [0.3, 0.4) is 0 Å². The molecule has 1 amide bonds. The number of rotatable bonds is 5. The van der Waals surface area contributed by atoms with Crippen LogP contribution in [0.4, 0.5) is 0 Å². The van der Waals surface area contributed by atoms with Crippen molar-refractivity contribution in [2.75, 3.05) is 19.3 Å². The van der Waals surface area contributed by atoms with Crippen molar-refractivity contribution in [3.8, 4) is 0 Å². The minimum absolute atomic E-state index is 0.131. The molecule has 7 heteroatoms. The number of ketones is 1. The summed E-state index contributed by atoms with van der Waals surface area (Å²) in [6.45, 7) is 2.19. The minimum Gasteiger partial charge on any atom is -0.346 e. The lowest BCUT2D eigenvalue weighted by Crippen LogP contribution is -2.44. The van der Waals surface area contributed by atoms with Crippen molar-refractivity contribution in [3.05, 3.63) is 0 Å². The van der Waals surface area contributed by atoms with Gasteiger partial charge >= 0.3 is 0 Å². The second kappa shape index (κ2) is 7.00. The second-order valence-corrected chi connectivity index (χ2v) is 6.91. The SMILES string of the molecule is CCCCC(=O)NC1CCCN(S(C)(=O)=O)CC1=O. The first kappa shape index (κ1) is 16.1. The summed E-state index contributed by atoms with van der Waals surface area (Å²) in [6.07, 6.45) is 4.31. The molecule has 1 heterocycles. The van der Waals surface area contributed by atoms with Crippen molar-refractivity contribution in [1.29, 1.82) is 0 Å². The van der Waals surface area contributed by atoms with Crippen LogP contribution in [0.1, 0.15) is 39.0 Å². The maximum absolute atomic E-state index is 12.0. The normalized spacial score (nSPS) is 22.0. The van der Waals surface area contributed by atoms with Crippen molar-refractivity contribution in [1.82, 2.24) is 9.62 Å². The first-order valence-corrected chi connectivity index (χ1v) is 8.46. The standard InChI is InChI=1S/C12H22N2O4S/c1-3-4-7-12(16)13-10-6-5-8-14(9-11(10)15)19(2,17)18/h10H,3-9H2,1-2H3,(H,13,16). The molecule has 19 heavy (non-hydrogen) atoms. The quantitative estimate of drug-likeness (QED) is 0.788. The van der Waals surface area contributed by atoms with E-state index in [1.165, 1.54) is 4.31 Å². The third-order valence-corrected chi connectivity index (χ3v) is 4.43. The van der Waals surface area contributed by atoms with E-state index in [0.717, 1.165) is 19.1 Å². The Labute approximate surface area is 114 Å². The van der Waals surface area contributed by atoms with Gasteiger partial charge in [-0.05, 0) is 19.3 Å². The Kier molecular flexibility index (Phi) is 5.93. The molecule has 1 aliphatic heterocycles. The summed E-state index contributed by atoms with van der Waals surface area (Å²) in [4.78, 5) is 23.6. The van der Waals surface area contributed by atoms with Crippen LogP contribution >= 0.6 is 0 Å². The molecule has 1 fully saturated rings. The Hall–Kier alpha value is -0.950. The van der Waals surface area contributed by atoms with Crippen molar-refractivity contribution in [2.45, 2.75) is 45.1 Å². The molecule has 0 aromatic rings. The van der Waals surface area contributed by atoms with Crippen molar-refractivity contribution >= 4 is 21.7 Å². The topological polar surface area (TPSA) is 83.6 Å². The van der Waals surface area contributed by atoms with Gasteiger partial charge < -0.3 is 5.32 Å². The average molecular weight is 290 g/mol. The lowest BCUT2D eigenvalue weighted by atomic mass is 10.1. The van der Waals surface area contributed by atoms with Gasteiger partial charge in [0, 0.05) is 13.0 Å². The van der Waals surface area contributed by atoms with Gasteiger partial charge in [0.1, 0.15) is 0 Å². The molecular formula is C12H22N2O4S. The zero-order valence-corrected chi connectivity index (χ0v) is 12.3. The molecule has 1 unspecified atom stereocenters. The van der Waals surface area contributed by atoms with E-state index >= 15 is 0 Å². The van der Waals surface area contributed by atoms with E-state index in [1.807, 2.05) is 6.92 Å². The van der Waals surface area contributed by atoms with E-state index in [-0.39, 0.29) is 18.2 Å². The predicted molar refractivity (Wildman–Crippen MR) is 72.1 cm³/mol. The van der Waals surface area contributed by atoms with Gasteiger partial charge in [-0.3, -0.25) is 9.59 Å². The van der Waals surface area contributed by atoms with E-state index < -0.39 is 16.1 Å². The van der Waals surface area contributed by atoms with E-state index in [9.17, 15) is 18.0 Å². The van der Waals surface area contributed by atoms with Gasteiger partial charge in [-0.1, -0.05) is 13.3 Å². The van der Waals surface area contributed by atoms with Crippen molar-refractivity contribution in [2.24, 2.45) is 0 Å². The Balaban J connectivity index is 2.58. The van der Waals surface area contributed by atoms with Gasteiger partial charge in [0.25, 0.3) is 0 Å². The van der Waals surface area contributed by atoms with Crippen LogP contribution in [0.2, 0.25) is 0 Å². The number of amides is 1. The molecule has 0 aromatic heterocycles. The number of nitrogens with zero attached hydrogens (tertiary/aromatic N) is 1. The largest absolute Gasteiger partial charge is 0.346 e. The Morgan fingerprint density at radius 1 is 1.47 bits per heavy atom. The van der Waals surface area contributed by atoms with Gasteiger partial charge in [0.05, 0.1) is 18.8 Å². The fraction of sp³-hybridized carbons (Fsp3) is 0.833.